The van der Waals surface area contributed by atoms with Crippen LogP contribution in [-0.4, -0.2) is 18.2 Å². The summed E-state index contributed by atoms with van der Waals surface area (Å²) in [6.07, 6.45) is 1.10. The smallest absolute Gasteiger partial charge is 0.200 e. The topological polar surface area (TPSA) is 43.4 Å². The summed E-state index contributed by atoms with van der Waals surface area (Å²) in [6.45, 7) is -0.0140. The van der Waals surface area contributed by atoms with Crippen molar-refractivity contribution in [1.82, 2.24) is 0 Å². The third-order valence-electron chi connectivity index (χ3n) is 5.14. The molecule has 3 nitrogen and oxygen atoms in total. The van der Waals surface area contributed by atoms with Crippen LogP contribution in [0.25, 0.3) is 10.8 Å². The van der Waals surface area contributed by atoms with E-state index >= 15 is 0 Å². The molecule has 0 heterocycles. The largest absolute Gasteiger partial charge is 0.485 e. The van der Waals surface area contributed by atoms with Crippen molar-refractivity contribution in [3.63, 3.8) is 0 Å². The Balaban J connectivity index is 1.50. The summed E-state index contributed by atoms with van der Waals surface area (Å²) in [5.74, 6) is 0.749. The number of ether oxygens (including phenoxy) is 1. The number of carbonyl (C=O) groups is 2. The van der Waals surface area contributed by atoms with Crippen molar-refractivity contribution in [1.29, 1.82) is 0 Å². The fourth-order valence-corrected chi connectivity index (χ4v) is 3.56. The van der Waals surface area contributed by atoms with E-state index in [1.165, 1.54) is 0 Å². The van der Waals surface area contributed by atoms with Gasteiger partial charge in [0.2, 0.25) is 0 Å². The van der Waals surface area contributed by atoms with Crippen LogP contribution < -0.4 is 4.74 Å². The van der Waals surface area contributed by atoms with Crippen LogP contribution in [0.15, 0.2) is 97.1 Å². The van der Waals surface area contributed by atoms with Gasteiger partial charge in [0.1, 0.15) is 5.75 Å². The van der Waals surface area contributed by atoms with Crippen molar-refractivity contribution in [3.8, 4) is 5.75 Å². The van der Waals surface area contributed by atoms with Crippen LogP contribution in [0.1, 0.15) is 32.7 Å². The monoisotopic (exact) mass is 394 g/mol. The second-order valence-corrected chi connectivity index (χ2v) is 7.14. The van der Waals surface area contributed by atoms with E-state index in [0.717, 1.165) is 21.9 Å². The van der Waals surface area contributed by atoms with Gasteiger partial charge in [-0.3, -0.25) is 9.59 Å². The van der Waals surface area contributed by atoms with Crippen molar-refractivity contribution >= 4 is 22.3 Å². The molecule has 0 saturated heterocycles. The van der Waals surface area contributed by atoms with E-state index in [0.29, 0.717) is 24.2 Å². The zero-order valence-electron chi connectivity index (χ0n) is 16.6. The quantitative estimate of drug-likeness (QED) is 0.349. The molecule has 4 rings (SSSR count). The molecule has 0 aromatic heterocycles. The number of carbonyl (C=O) groups excluding carboxylic acids is 2. The summed E-state index contributed by atoms with van der Waals surface area (Å²) in [5.41, 5.74) is 2.47. The zero-order valence-corrected chi connectivity index (χ0v) is 16.6. The number of fused-ring (bicyclic) bond motifs is 1. The Morgan fingerprint density at radius 1 is 0.600 bits per heavy atom. The molecule has 30 heavy (non-hydrogen) atoms. The van der Waals surface area contributed by atoms with Gasteiger partial charge in [-0.05, 0) is 23.4 Å². The molecular formula is C27H22O3. The molecule has 4 aromatic rings. The summed E-state index contributed by atoms with van der Waals surface area (Å²) >= 11 is 0. The number of rotatable bonds is 8. The van der Waals surface area contributed by atoms with E-state index in [1.807, 2.05) is 84.9 Å². The van der Waals surface area contributed by atoms with E-state index in [2.05, 4.69) is 0 Å². The van der Waals surface area contributed by atoms with Crippen LogP contribution in [0.4, 0.5) is 0 Å². The zero-order chi connectivity index (χ0) is 20.8. The lowest BCUT2D eigenvalue weighted by molar-refractivity contribution is 0.0921. The highest BCUT2D eigenvalue weighted by Gasteiger charge is 2.11. The molecule has 0 N–H and O–H groups in total. The Morgan fingerprint density at radius 3 is 1.90 bits per heavy atom. The van der Waals surface area contributed by atoms with Crippen molar-refractivity contribution < 1.29 is 14.3 Å². The summed E-state index contributed by atoms with van der Waals surface area (Å²) in [4.78, 5) is 24.8. The summed E-state index contributed by atoms with van der Waals surface area (Å²) in [6, 6.07) is 30.3. The van der Waals surface area contributed by atoms with Crippen LogP contribution in [-0.2, 0) is 6.42 Å². The van der Waals surface area contributed by atoms with Gasteiger partial charge in [-0.25, -0.2) is 0 Å². The predicted molar refractivity (Wildman–Crippen MR) is 119 cm³/mol. The van der Waals surface area contributed by atoms with Gasteiger partial charge in [-0.2, -0.15) is 0 Å². The average molecular weight is 394 g/mol. The molecule has 0 radical (unpaired) electrons. The van der Waals surface area contributed by atoms with Crippen molar-refractivity contribution in [2.45, 2.75) is 12.8 Å². The fourth-order valence-electron chi connectivity index (χ4n) is 3.56. The number of hydrogen-bond acceptors (Lipinski definition) is 3. The molecule has 0 fully saturated rings. The highest BCUT2D eigenvalue weighted by atomic mass is 16.5. The second kappa shape index (κ2) is 9.19. The molecule has 0 unspecified atom stereocenters. The van der Waals surface area contributed by atoms with Crippen LogP contribution in [0, 0.1) is 0 Å². The molecule has 0 amide bonds. The van der Waals surface area contributed by atoms with Crippen molar-refractivity contribution in [2.24, 2.45) is 0 Å². The van der Waals surface area contributed by atoms with Gasteiger partial charge in [0, 0.05) is 22.9 Å². The first-order valence-corrected chi connectivity index (χ1v) is 10.0. The van der Waals surface area contributed by atoms with Gasteiger partial charge in [0.05, 0.1) is 0 Å². The first-order valence-electron chi connectivity index (χ1n) is 10.0. The number of Topliss-reactive ketones (excluding diaryl/α,β-unsaturated/α-hetero) is 2. The number of hydrogen-bond donors (Lipinski definition) is 0. The van der Waals surface area contributed by atoms with Crippen LogP contribution in [0.2, 0.25) is 0 Å². The van der Waals surface area contributed by atoms with Gasteiger partial charge >= 0.3 is 0 Å². The third-order valence-corrected chi connectivity index (χ3v) is 5.14. The van der Waals surface area contributed by atoms with Gasteiger partial charge in [0.25, 0.3) is 0 Å². The molecule has 0 atom stereocenters. The van der Waals surface area contributed by atoms with Crippen LogP contribution in [0.3, 0.4) is 0 Å². The Labute approximate surface area is 175 Å². The molecule has 0 saturated carbocycles. The maximum absolute atomic E-state index is 12.5. The molecule has 0 spiro atoms. The maximum Gasteiger partial charge on any atom is 0.200 e. The maximum atomic E-state index is 12.5. The SMILES string of the molecule is O=C(CCc1cccc2c(OCC(=O)c3ccccc3)cccc12)c1ccccc1. The molecule has 148 valence electrons. The van der Waals surface area contributed by atoms with E-state index < -0.39 is 0 Å². The van der Waals surface area contributed by atoms with E-state index in [4.69, 9.17) is 4.74 Å². The van der Waals surface area contributed by atoms with Crippen LogP contribution in [0.5, 0.6) is 5.75 Å². The van der Waals surface area contributed by atoms with Gasteiger partial charge in [-0.15, -0.1) is 0 Å². The van der Waals surface area contributed by atoms with E-state index in [9.17, 15) is 9.59 Å². The first kappa shape index (κ1) is 19.6. The summed E-state index contributed by atoms with van der Waals surface area (Å²) in [7, 11) is 0. The lowest BCUT2D eigenvalue weighted by atomic mass is 9.97. The molecule has 0 aliphatic rings. The fraction of sp³-hybridized carbons (Fsp3) is 0.111. The second-order valence-electron chi connectivity index (χ2n) is 7.14. The van der Waals surface area contributed by atoms with Gasteiger partial charge < -0.3 is 4.74 Å². The first-order chi connectivity index (χ1) is 14.7. The Bertz CT molecular complexity index is 1070. The minimum Gasteiger partial charge on any atom is -0.485 e. The summed E-state index contributed by atoms with van der Waals surface area (Å²) < 4.78 is 5.87. The van der Waals surface area contributed by atoms with E-state index in [1.54, 1.807) is 12.1 Å². The molecule has 0 aliphatic carbocycles. The molecule has 3 heteroatoms. The minimum atomic E-state index is -0.0581. The Kier molecular flexibility index (Phi) is 6.00. The van der Waals surface area contributed by atoms with Gasteiger partial charge in [-0.1, -0.05) is 91.0 Å². The predicted octanol–water partition coefficient (Wildman–Crippen LogP) is 5.92. The highest BCUT2D eigenvalue weighted by molar-refractivity contribution is 5.98. The van der Waals surface area contributed by atoms with Crippen molar-refractivity contribution in [2.75, 3.05) is 6.61 Å². The number of ketones is 2. The minimum absolute atomic E-state index is 0.0140. The average Bonchev–Trinajstić information content (AvgIpc) is 2.82. The Morgan fingerprint density at radius 2 is 1.20 bits per heavy atom. The standard InChI is InChI=1S/C27H22O3/c28-25(21-9-3-1-4-10-21)18-17-20-13-7-15-24-23(20)14-8-16-27(24)30-19-26(29)22-11-5-2-6-12-22/h1-16H,17-19H2. The van der Waals surface area contributed by atoms with Gasteiger partial charge in [0.15, 0.2) is 18.2 Å². The highest BCUT2D eigenvalue weighted by Crippen LogP contribution is 2.29. The Hall–Kier alpha value is -3.72. The molecule has 4 aromatic carbocycles. The molecule has 0 aliphatic heterocycles. The summed E-state index contributed by atoms with van der Waals surface area (Å²) in [5, 5.41) is 1.99. The van der Waals surface area contributed by atoms with Crippen molar-refractivity contribution in [3.05, 3.63) is 114 Å². The lowest BCUT2D eigenvalue weighted by Gasteiger charge is -2.12. The van der Waals surface area contributed by atoms with Crippen LogP contribution >= 0.6 is 0 Å². The third kappa shape index (κ3) is 4.47. The molecule has 0 bridgehead atoms. The lowest BCUT2D eigenvalue weighted by Crippen LogP contribution is -2.11. The number of aryl methyl sites for hydroxylation is 1. The number of benzene rings is 4. The molecular weight excluding hydrogens is 372 g/mol. The normalized spacial score (nSPS) is 10.7. The van der Waals surface area contributed by atoms with E-state index in [-0.39, 0.29) is 18.2 Å².